The number of rotatable bonds is 7. The number of carbonyl (C=O) groups is 2. The summed E-state index contributed by atoms with van der Waals surface area (Å²) >= 11 is 0. The fraction of sp³-hybridized carbons (Fsp3) is 0.600. The molecular weight excluding hydrogens is 314 g/mol. The predicted octanol–water partition coefficient (Wildman–Crippen LogP) is 2.10. The molecule has 3 N–H and O–H groups in total. The van der Waals surface area contributed by atoms with Crippen molar-refractivity contribution >= 4 is 11.8 Å². The molecule has 1 fully saturated rings. The van der Waals surface area contributed by atoms with E-state index in [0.29, 0.717) is 19.4 Å². The average molecular weight is 345 g/mol. The standard InChI is InChI=1S/C20H31N3O2/c1-23(2)19(25)17(13-16-9-5-3-6-10-16)22-18(24)14-20(15-21)11-7-4-8-12-20/h3,5-6,9-10,17H,4,7-8,11-15,21H2,1-2H3,(H,22,24). The van der Waals surface area contributed by atoms with Crippen LogP contribution in [0, 0.1) is 5.41 Å². The normalized spacial score (nSPS) is 17.6. The van der Waals surface area contributed by atoms with Crippen molar-refractivity contribution in [2.24, 2.45) is 11.1 Å². The summed E-state index contributed by atoms with van der Waals surface area (Å²) in [6.07, 6.45) is 6.40. The van der Waals surface area contributed by atoms with E-state index in [1.54, 1.807) is 14.1 Å². The molecule has 1 unspecified atom stereocenters. The third kappa shape index (κ3) is 5.56. The van der Waals surface area contributed by atoms with Gasteiger partial charge in [0.2, 0.25) is 11.8 Å². The van der Waals surface area contributed by atoms with Crippen molar-refractivity contribution in [3.05, 3.63) is 35.9 Å². The van der Waals surface area contributed by atoms with Gasteiger partial charge in [0.05, 0.1) is 0 Å². The van der Waals surface area contributed by atoms with Crippen LogP contribution < -0.4 is 11.1 Å². The summed E-state index contributed by atoms with van der Waals surface area (Å²) in [4.78, 5) is 26.7. The molecule has 0 heterocycles. The molecule has 0 aliphatic heterocycles. The number of benzene rings is 1. The number of carbonyl (C=O) groups excluding carboxylic acids is 2. The van der Waals surface area contributed by atoms with E-state index >= 15 is 0 Å². The first kappa shape index (κ1) is 19.4. The van der Waals surface area contributed by atoms with Crippen LogP contribution in [0.1, 0.15) is 44.1 Å². The Labute approximate surface area is 151 Å². The lowest BCUT2D eigenvalue weighted by molar-refractivity contribution is -0.135. The van der Waals surface area contributed by atoms with Gasteiger partial charge in [-0.2, -0.15) is 0 Å². The third-order valence-corrected chi connectivity index (χ3v) is 5.24. The molecule has 1 aliphatic carbocycles. The zero-order chi connectivity index (χ0) is 18.3. The second-order valence-electron chi connectivity index (χ2n) is 7.48. The zero-order valence-corrected chi connectivity index (χ0v) is 15.5. The van der Waals surface area contributed by atoms with Gasteiger partial charge in [-0.15, -0.1) is 0 Å². The van der Waals surface area contributed by atoms with Gasteiger partial charge < -0.3 is 16.0 Å². The van der Waals surface area contributed by atoms with Crippen LogP contribution in [-0.4, -0.2) is 43.4 Å². The molecule has 1 aliphatic rings. The summed E-state index contributed by atoms with van der Waals surface area (Å²) in [5.74, 6) is -0.147. The predicted molar refractivity (Wildman–Crippen MR) is 100.0 cm³/mol. The molecule has 5 heteroatoms. The number of nitrogens with zero attached hydrogens (tertiary/aromatic N) is 1. The van der Waals surface area contributed by atoms with E-state index in [-0.39, 0.29) is 17.2 Å². The van der Waals surface area contributed by atoms with Crippen molar-refractivity contribution in [3.8, 4) is 0 Å². The van der Waals surface area contributed by atoms with E-state index in [2.05, 4.69) is 5.32 Å². The smallest absolute Gasteiger partial charge is 0.244 e. The van der Waals surface area contributed by atoms with Gasteiger partial charge in [0.1, 0.15) is 6.04 Å². The van der Waals surface area contributed by atoms with Gasteiger partial charge >= 0.3 is 0 Å². The quantitative estimate of drug-likeness (QED) is 0.795. The number of nitrogens with two attached hydrogens (primary N) is 1. The number of nitrogens with one attached hydrogen (secondary N) is 1. The summed E-state index contributed by atoms with van der Waals surface area (Å²) in [7, 11) is 3.43. The first-order chi connectivity index (χ1) is 12.0. The Kier molecular flexibility index (Phi) is 7.00. The van der Waals surface area contributed by atoms with Gasteiger partial charge in [0.25, 0.3) is 0 Å². The van der Waals surface area contributed by atoms with Crippen LogP contribution in [0.5, 0.6) is 0 Å². The van der Waals surface area contributed by atoms with E-state index in [4.69, 9.17) is 5.73 Å². The first-order valence-corrected chi connectivity index (χ1v) is 9.20. The molecule has 138 valence electrons. The second kappa shape index (κ2) is 8.99. The molecule has 0 bridgehead atoms. The average Bonchev–Trinajstić information content (AvgIpc) is 2.62. The summed E-state index contributed by atoms with van der Waals surface area (Å²) in [5, 5.41) is 2.97. The lowest BCUT2D eigenvalue weighted by atomic mass is 9.71. The minimum atomic E-state index is -0.539. The Morgan fingerprint density at radius 2 is 1.80 bits per heavy atom. The van der Waals surface area contributed by atoms with Gasteiger partial charge in [0.15, 0.2) is 0 Å². The van der Waals surface area contributed by atoms with Crippen LogP contribution in [-0.2, 0) is 16.0 Å². The molecule has 25 heavy (non-hydrogen) atoms. The van der Waals surface area contributed by atoms with Crippen LogP contribution in [0.4, 0.5) is 0 Å². The molecule has 2 amide bonds. The Morgan fingerprint density at radius 1 is 1.16 bits per heavy atom. The van der Waals surface area contributed by atoms with Crippen molar-refractivity contribution < 1.29 is 9.59 Å². The molecule has 1 aromatic carbocycles. The maximum Gasteiger partial charge on any atom is 0.244 e. The largest absolute Gasteiger partial charge is 0.347 e. The summed E-state index contributed by atoms with van der Waals surface area (Å²) in [6, 6.07) is 9.25. The highest BCUT2D eigenvalue weighted by Crippen LogP contribution is 2.38. The van der Waals surface area contributed by atoms with Crippen LogP contribution in [0.3, 0.4) is 0 Å². The SMILES string of the molecule is CN(C)C(=O)C(Cc1ccccc1)NC(=O)CC1(CN)CCCCC1. The van der Waals surface area contributed by atoms with E-state index in [9.17, 15) is 9.59 Å². The zero-order valence-electron chi connectivity index (χ0n) is 15.5. The van der Waals surface area contributed by atoms with E-state index in [1.807, 2.05) is 30.3 Å². The number of likely N-dealkylation sites (N-methyl/N-ethyl adjacent to an activating group) is 1. The topological polar surface area (TPSA) is 75.4 Å². The van der Waals surface area contributed by atoms with Crippen LogP contribution >= 0.6 is 0 Å². The highest BCUT2D eigenvalue weighted by Gasteiger charge is 2.34. The summed E-state index contributed by atoms with van der Waals surface area (Å²) < 4.78 is 0. The minimum absolute atomic E-state index is 0.0662. The Balaban J connectivity index is 2.04. The minimum Gasteiger partial charge on any atom is -0.347 e. The fourth-order valence-corrected chi connectivity index (χ4v) is 3.70. The van der Waals surface area contributed by atoms with Gasteiger partial charge in [-0.1, -0.05) is 49.6 Å². The van der Waals surface area contributed by atoms with Crippen LogP contribution in [0.2, 0.25) is 0 Å². The fourth-order valence-electron chi connectivity index (χ4n) is 3.70. The van der Waals surface area contributed by atoms with Crippen molar-refractivity contribution in [3.63, 3.8) is 0 Å². The molecule has 2 rings (SSSR count). The molecule has 1 aromatic rings. The van der Waals surface area contributed by atoms with Crippen molar-refractivity contribution in [2.45, 2.75) is 51.0 Å². The molecule has 0 aromatic heterocycles. The molecule has 1 atom stereocenters. The molecular formula is C20H31N3O2. The Morgan fingerprint density at radius 3 is 2.36 bits per heavy atom. The monoisotopic (exact) mass is 345 g/mol. The van der Waals surface area contributed by atoms with Gasteiger partial charge in [-0.3, -0.25) is 9.59 Å². The Bertz CT molecular complexity index is 566. The molecule has 0 saturated heterocycles. The third-order valence-electron chi connectivity index (χ3n) is 5.24. The molecule has 1 saturated carbocycles. The maximum atomic E-state index is 12.7. The van der Waals surface area contributed by atoms with Crippen LogP contribution in [0.25, 0.3) is 0 Å². The van der Waals surface area contributed by atoms with E-state index < -0.39 is 6.04 Å². The highest BCUT2D eigenvalue weighted by molar-refractivity contribution is 5.87. The van der Waals surface area contributed by atoms with Gasteiger partial charge in [0, 0.05) is 26.9 Å². The lowest BCUT2D eigenvalue weighted by Gasteiger charge is -2.36. The van der Waals surface area contributed by atoms with Crippen LogP contribution in [0.15, 0.2) is 30.3 Å². The summed E-state index contributed by atoms with van der Waals surface area (Å²) in [5.41, 5.74) is 6.93. The van der Waals surface area contributed by atoms with Crippen molar-refractivity contribution in [1.82, 2.24) is 10.2 Å². The van der Waals surface area contributed by atoms with Gasteiger partial charge in [-0.05, 0) is 30.4 Å². The Hall–Kier alpha value is -1.88. The first-order valence-electron chi connectivity index (χ1n) is 9.20. The number of hydrogen-bond donors (Lipinski definition) is 2. The number of hydrogen-bond acceptors (Lipinski definition) is 3. The number of amides is 2. The molecule has 5 nitrogen and oxygen atoms in total. The second-order valence-corrected chi connectivity index (χ2v) is 7.48. The summed E-state index contributed by atoms with van der Waals surface area (Å²) in [6.45, 7) is 0.533. The van der Waals surface area contributed by atoms with E-state index in [1.165, 1.54) is 11.3 Å². The highest BCUT2D eigenvalue weighted by atomic mass is 16.2. The maximum absolute atomic E-state index is 12.7. The molecule has 0 spiro atoms. The lowest BCUT2D eigenvalue weighted by Crippen LogP contribution is -2.49. The van der Waals surface area contributed by atoms with Gasteiger partial charge in [-0.25, -0.2) is 0 Å². The van der Waals surface area contributed by atoms with Crippen molar-refractivity contribution in [2.75, 3.05) is 20.6 Å². The van der Waals surface area contributed by atoms with Crippen molar-refractivity contribution in [1.29, 1.82) is 0 Å². The molecule has 0 radical (unpaired) electrons. The van der Waals surface area contributed by atoms with E-state index in [0.717, 1.165) is 31.2 Å².